The zero-order valence-electron chi connectivity index (χ0n) is 12.5. The van der Waals surface area contributed by atoms with E-state index in [1.807, 2.05) is 9.80 Å². The molecule has 2 saturated heterocycles. The van der Waals surface area contributed by atoms with Crippen LogP contribution in [0.1, 0.15) is 52.4 Å². The summed E-state index contributed by atoms with van der Waals surface area (Å²) >= 11 is 0. The molecule has 2 heterocycles. The smallest absolute Gasteiger partial charge is 0.320 e. The van der Waals surface area contributed by atoms with Crippen molar-refractivity contribution in [1.82, 2.24) is 9.80 Å². The summed E-state index contributed by atoms with van der Waals surface area (Å²) in [4.78, 5) is 27.4. The largest absolute Gasteiger partial charge is 0.481 e. The fourth-order valence-corrected chi connectivity index (χ4v) is 3.61. The summed E-state index contributed by atoms with van der Waals surface area (Å²) in [5.74, 6) is -0.649. The molecule has 0 saturated carbocycles. The van der Waals surface area contributed by atoms with Crippen molar-refractivity contribution in [3.05, 3.63) is 0 Å². The van der Waals surface area contributed by atoms with E-state index in [0.717, 1.165) is 32.2 Å². The molecule has 2 aliphatic rings. The summed E-state index contributed by atoms with van der Waals surface area (Å²) in [6.07, 6.45) is 5.34. The number of nitrogens with zero attached hydrogens (tertiary/aromatic N) is 2. The molecule has 0 radical (unpaired) electrons. The van der Waals surface area contributed by atoms with Crippen molar-refractivity contribution < 1.29 is 14.7 Å². The maximum atomic E-state index is 12.7. The molecule has 2 rings (SSSR count). The Labute approximate surface area is 120 Å². The van der Waals surface area contributed by atoms with Gasteiger partial charge in [-0.2, -0.15) is 0 Å². The van der Waals surface area contributed by atoms with Crippen LogP contribution >= 0.6 is 0 Å². The lowest BCUT2D eigenvalue weighted by molar-refractivity contribution is -0.138. The number of amides is 2. The van der Waals surface area contributed by atoms with Gasteiger partial charge in [-0.25, -0.2) is 4.79 Å². The first-order chi connectivity index (χ1) is 9.49. The number of carboxylic acid groups (broad SMARTS) is 1. The predicted molar refractivity (Wildman–Crippen MR) is 76.6 cm³/mol. The Morgan fingerprint density at radius 1 is 1.10 bits per heavy atom. The predicted octanol–water partition coefficient (Wildman–Crippen LogP) is 2.56. The Kier molecular flexibility index (Phi) is 4.89. The molecular formula is C15H26N2O3. The van der Waals surface area contributed by atoms with E-state index in [1.54, 1.807) is 0 Å². The number of carboxylic acids is 1. The van der Waals surface area contributed by atoms with Crippen molar-refractivity contribution in [2.24, 2.45) is 5.92 Å². The third kappa shape index (κ3) is 3.44. The monoisotopic (exact) mass is 282 g/mol. The van der Waals surface area contributed by atoms with Crippen molar-refractivity contribution in [3.8, 4) is 0 Å². The quantitative estimate of drug-likeness (QED) is 0.846. The van der Waals surface area contributed by atoms with Gasteiger partial charge in [0, 0.05) is 31.6 Å². The van der Waals surface area contributed by atoms with Crippen LogP contribution in [0, 0.1) is 5.92 Å². The number of piperidine rings is 2. The summed E-state index contributed by atoms with van der Waals surface area (Å²) in [6.45, 7) is 5.60. The zero-order chi connectivity index (χ0) is 14.7. The van der Waals surface area contributed by atoms with Crippen LogP contribution in [0.5, 0.6) is 0 Å². The van der Waals surface area contributed by atoms with Gasteiger partial charge in [-0.05, 0) is 51.9 Å². The van der Waals surface area contributed by atoms with Crippen LogP contribution in [0.2, 0.25) is 0 Å². The van der Waals surface area contributed by atoms with E-state index in [-0.39, 0.29) is 18.4 Å². The Bertz CT molecular complexity index is 362. The van der Waals surface area contributed by atoms with Gasteiger partial charge in [0.2, 0.25) is 0 Å². The van der Waals surface area contributed by atoms with E-state index in [9.17, 15) is 9.59 Å². The Hall–Kier alpha value is -1.26. The fourth-order valence-electron chi connectivity index (χ4n) is 3.61. The number of urea groups is 1. The summed E-state index contributed by atoms with van der Waals surface area (Å²) in [7, 11) is 0. The lowest BCUT2D eigenvalue weighted by Crippen LogP contribution is -2.55. The minimum absolute atomic E-state index is 0.111. The Morgan fingerprint density at radius 2 is 1.75 bits per heavy atom. The molecule has 20 heavy (non-hydrogen) atoms. The van der Waals surface area contributed by atoms with Crippen molar-refractivity contribution in [3.63, 3.8) is 0 Å². The van der Waals surface area contributed by atoms with Gasteiger partial charge in [-0.3, -0.25) is 4.79 Å². The molecule has 114 valence electrons. The van der Waals surface area contributed by atoms with Crippen LogP contribution in [0.15, 0.2) is 0 Å². The maximum Gasteiger partial charge on any atom is 0.320 e. The van der Waals surface area contributed by atoms with Gasteiger partial charge in [0.05, 0.1) is 0 Å². The van der Waals surface area contributed by atoms with Crippen molar-refractivity contribution in [2.45, 2.75) is 64.5 Å². The first-order valence-electron chi connectivity index (χ1n) is 7.78. The zero-order valence-corrected chi connectivity index (χ0v) is 12.5. The van der Waals surface area contributed by atoms with E-state index >= 15 is 0 Å². The van der Waals surface area contributed by atoms with Gasteiger partial charge in [0.25, 0.3) is 0 Å². The highest BCUT2D eigenvalue weighted by Gasteiger charge is 2.34. The van der Waals surface area contributed by atoms with E-state index in [0.29, 0.717) is 18.6 Å². The molecule has 3 atom stereocenters. The molecule has 1 N–H and O–H groups in total. The summed E-state index contributed by atoms with van der Waals surface area (Å²) in [6, 6.07) is 0.706. The highest BCUT2D eigenvalue weighted by atomic mass is 16.4. The molecule has 5 nitrogen and oxygen atoms in total. The third-order valence-corrected chi connectivity index (χ3v) is 4.67. The van der Waals surface area contributed by atoms with Gasteiger partial charge >= 0.3 is 12.0 Å². The van der Waals surface area contributed by atoms with Gasteiger partial charge in [0.1, 0.15) is 0 Å². The van der Waals surface area contributed by atoms with Crippen LogP contribution in [0.3, 0.4) is 0 Å². The lowest BCUT2D eigenvalue weighted by atomic mass is 9.94. The van der Waals surface area contributed by atoms with Crippen LogP contribution < -0.4 is 0 Å². The number of carbonyl (C=O) groups is 2. The van der Waals surface area contributed by atoms with Crippen LogP contribution in [0.4, 0.5) is 4.79 Å². The molecule has 0 aromatic rings. The van der Waals surface area contributed by atoms with Gasteiger partial charge < -0.3 is 14.9 Å². The average molecular weight is 282 g/mol. The molecule has 2 fully saturated rings. The number of hydrogen-bond donors (Lipinski definition) is 1. The fraction of sp³-hybridized carbons (Fsp3) is 0.867. The highest BCUT2D eigenvalue weighted by molar-refractivity contribution is 5.75. The standard InChI is InChI=1S/C15H26N2O3/c1-11-5-3-6-12(2)17(11)15(20)16-8-4-7-13(10-16)9-14(18)19/h11-13H,3-10H2,1-2H3,(H,18,19)/t11-,12+,13?. The average Bonchev–Trinajstić information content (AvgIpc) is 2.38. The van der Waals surface area contributed by atoms with Crippen molar-refractivity contribution in [1.29, 1.82) is 0 Å². The highest BCUT2D eigenvalue weighted by Crippen LogP contribution is 2.26. The van der Waals surface area contributed by atoms with E-state index in [2.05, 4.69) is 13.8 Å². The number of rotatable bonds is 2. The normalized spacial score (nSPS) is 31.2. The molecule has 0 aromatic heterocycles. The molecule has 1 unspecified atom stereocenters. The molecule has 0 spiro atoms. The van der Waals surface area contributed by atoms with Gasteiger partial charge in [0.15, 0.2) is 0 Å². The summed E-state index contributed by atoms with van der Waals surface area (Å²) in [5.41, 5.74) is 0. The molecule has 2 aliphatic heterocycles. The molecule has 2 amide bonds. The SMILES string of the molecule is C[C@@H]1CCC[C@H](C)N1C(=O)N1CCCC(CC(=O)O)C1. The van der Waals surface area contributed by atoms with E-state index < -0.39 is 5.97 Å². The number of hydrogen-bond acceptors (Lipinski definition) is 2. The second-order valence-electron chi connectivity index (χ2n) is 6.37. The minimum atomic E-state index is -0.760. The lowest BCUT2D eigenvalue weighted by Gasteiger charge is -2.43. The van der Waals surface area contributed by atoms with Gasteiger partial charge in [-0.1, -0.05) is 0 Å². The van der Waals surface area contributed by atoms with E-state index in [4.69, 9.17) is 5.11 Å². The Morgan fingerprint density at radius 3 is 2.35 bits per heavy atom. The first kappa shape index (κ1) is 15.1. The van der Waals surface area contributed by atoms with Crippen LogP contribution in [0.25, 0.3) is 0 Å². The molecular weight excluding hydrogens is 256 g/mol. The summed E-state index contributed by atoms with van der Waals surface area (Å²) in [5, 5.41) is 8.91. The van der Waals surface area contributed by atoms with Crippen LogP contribution in [-0.4, -0.2) is 52.1 Å². The number of aliphatic carboxylic acids is 1. The van der Waals surface area contributed by atoms with Crippen molar-refractivity contribution >= 4 is 12.0 Å². The Balaban J connectivity index is 1.98. The minimum Gasteiger partial charge on any atom is -0.481 e. The van der Waals surface area contributed by atoms with Gasteiger partial charge in [-0.15, -0.1) is 0 Å². The molecule has 0 aromatic carbocycles. The second kappa shape index (κ2) is 6.46. The molecule has 0 bridgehead atoms. The molecule has 5 heteroatoms. The first-order valence-corrected chi connectivity index (χ1v) is 7.78. The second-order valence-corrected chi connectivity index (χ2v) is 6.37. The van der Waals surface area contributed by atoms with Crippen molar-refractivity contribution in [2.75, 3.05) is 13.1 Å². The molecule has 0 aliphatic carbocycles. The third-order valence-electron chi connectivity index (χ3n) is 4.67. The maximum absolute atomic E-state index is 12.7. The van der Waals surface area contributed by atoms with E-state index in [1.165, 1.54) is 6.42 Å². The summed E-state index contributed by atoms with van der Waals surface area (Å²) < 4.78 is 0. The topological polar surface area (TPSA) is 60.9 Å². The number of carbonyl (C=O) groups excluding carboxylic acids is 1. The number of likely N-dealkylation sites (tertiary alicyclic amines) is 2. The van der Waals surface area contributed by atoms with Crippen LogP contribution in [-0.2, 0) is 4.79 Å².